The van der Waals surface area contributed by atoms with Gasteiger partial charge in [0.25, 0.3) is 0 Å². The zero-order valence-electron chi connectivity index (χ0n) is 16.6. The Morgan fingerprint density at radius 3 is 2.75 bits per heavy atom. The summed E-state index contributed by atoms with van der Waals surface area (Å²) < 4.78 is 16.6. The fraction of sp³-hybridized carbons (Fsp3) is 0.800. The summed E-state index contributed by atoms with van der Waals surface area (Å²) in [5.74, 6) is -1.01. The van der Waals surface area contributed by atoms with Gasteiger partial charge in [-0.05, 0) is 31.8 Å². The van der Waals surface area contributed by atoms with Crippen LogP contribution < -0.4 is 0 Å². The van der Waals surface area contributed by atoms with Crippen LogP contribution in [0.1, 0.15) is 26.2 Å². The zero-order valence-corrected chi connectivity index (χ0v) is 16.6. The first-order valence-corrected chi connectivity index (χ1v) is 10.3. The molecule has 0 bridgehead atoms. The van der Waals surface area contributed by atoms with Gasteiger partial charge in [-0.1, -0.05) is 0 Å². The van der Waals surface area contributed by atoms with Crippen LogP contribution in [0.2, 0.25) is 0 Å². The summed E-state index contributed by atoms with van der Waals surface area (Å²) >= 11 is 0. The van der Waals surface area contributed by atoms with E-state index in [1.807, 2.05) is 0 Å². The smallest absolute Gasteiger partial charge is 0.355 e. The van der Waals surface area contributed by atoms with Gasteiger partial charge in [0.2, 0.25) is 5.91 Å². The van der Waals surface area contributed by atoms with Crippen molar-refractivity contribution >= 4 is 11.9 Å². The number of fused-ring (bicyclic) bond motifs is 3. The molecule has 4 aliphatic rings. The van der Waals surface area contributed by atoms with E-state index in [1.165, 1.54) is 0 Å². The molecule has 2 saturated heterocycles. The van der Waals surface area contributed by atoms with Gasteiger partial charge in [0.05, 0.1) is 37.4 Å². The highest BCUT2D eigenvalue weighted by molar-refractivity contribution is 6.01. The Bertz CT molecular complexity index is 657. The molecule has 1 aliphatic carbocycles. The molecule has 5 atom stereocenters. The molecule has 0 radical (unpaired) electrons. The molecule has 28 heavy (non-hydrogen) atoms. The van der Waals surface area contributed by atoms with Crippen LogP contribution in [0.25, 0.3) is 0 Å². The summed E-state index contributed by atoms with van der Waals surface area (Å²) in [6.45, 7) is 5.66. The Morgan fingerprint density at radius 1 is 1.32 bits per heavy atom. The first-order valence-electron chi connectivity index (χ1n) is 10.3. The van der Waals surface area contributed by atoms with E-state index in [9.17, 15) is 14.7 Å². The number of carbonyl (C=O) groups excluding carboxylic acids is 2. The van der Waals surface area contributed by atoms with Gasteiger partial charge in [-0.25, -0.2) is 4.79 Å². The van der Waals surface area contributed by atoms with Crippen LogP contribution >= 0.6 is 0 Å². The van der Waals surface area contributed by atoms with Gasteiger partial charge in [0.1, 0.15) is 12.3 Å². The number of amides is 1. The van der Waals surface area contributed by atoms with Crippen LogP contribution in [0.15, 0.2) is 11.3 Å². The van der Waals surface area contributed by atoms with Gasteiger partial charge in [0, 0.05) is 32.7 Å². The van der Waals surface area contributed by atoms with Crippen molar-refractivity contribution < 1.29 is 28.9 Å². The van der Waals surface area contributed by atoms with E-state index in [0.29, 0.717) is 25.5 Å². The summed E-state index contributed by atoms with van der Waals surface area (Å²) in [5, 5.41) is 10.1. The predicted molar refractivity (Wildman–Crippen MR) is 99.2 cm³/mol. The Balaban J connectivity index is 1.50. The van der Waals surface area contributed by atoms with Crippen LogP contribution in [0.4, 0.5) is 0 Å². The number of carbonyl (C=O) groups is 2. The molecule has 1 N–H and O–H groups in total. The molecule has 3 aliphatic heterocycles. The van der Waals surface area contributed by atoms with Gasteiger partial charge in [0.15, 0.2) is 0 Å². The van der Waals surface area contributed by atoms with Crippen molar-refractivity contribution in [1.29, 1.82) is 0 Å². The number of rotatable bonds is 6. The molecule has 156 valence electrons. The van der Waals surface area contributed by atoms with E-state index < -0.39 is 18.0 Å². The van der Waals surface area contributed by atoms with Crippen molar-refractivity contribution in [2.75, 3.05) is 46.6 Å². The number of hydrogen-bond acceptors (Lipinski definition) is 7. The van der Waals surface area contributed by atoms with Crippen molar-refractivity contribution in [2.24, 2.45) is 11.8 Å². The lowest BCUT2D eigenvalue weighted by molar-refractivity contribution is -0.164. The second kappa shape index (κ2) is 8.10. The van der Waals surface area contributed by atoms with Crippen molar-refractivity contribution in [3.05, 3.63) is 11.3 Å². The molecule has 1 saturated carbocycles. The fourth-order valence-electron chi connectivity index (χ4n) is 5.23. The average Bonchev–Trinajstić information content (AvgIpc) is 2.99. The first-order chi connectivity index (χ1) is 13.5. The van der Waals surface area contributed by atoms with Gasteiger partial charge >= 0.3 is 5.97 Å². The summed E-state index contributed by atoms with van der Waals surface area (Å²) in [5.41, 5.74) is 1.26. The lowest BCUT2D eigenvalue weighted by Gasteiger charge is -2.47. The van der Waals surface area contributed by atoms with E-state index in [-0.39, 0.29) is 30.6 Å². The van der Waals surface area contributed by atoms with Gasteiger partial charge in [-0.2, -0.15) is 0 Å². The maximum Gasteiger partial charge on any atom is 0.355 e. The molecule has 3 fully saturated rings. The molecule has 0 aromatic heterocycles. The van der Waals surface area contributed by atoms with Crippen molar-refractivity contribution in [3.63, 3.8) is 0 Å². The number of methoxy groups -OCH3 is 1. The quantitative estimate of drug-likeness (QED) is 0.507. The topological polar surface area (TPSA) is 88.5 Å². The molecule has 8 heteroatoms. The maximum atomic E-state index is 13.0. The first kappa shape index (κ1) is 19.8. The molecule has 8 nitrogen and oxygen atoms in total. The summed E-state index contributed by atoms with van der Waals surface area (Å²) in [6, 6.07) is -0.151. The SMILES string of the molecule is COC1CCC[C@H]2C1=C(C(=O)OCCN1CCOCC1)N1C(=O)[C@@H](C(C)O)C21. The molecule has 0 spiro atoms. The predicted octanol–water partition coefficient (Wildman–Crippen LogP) is 0.152. The van der Waals surface area contributed by atoms with Crippen molar-refractivity contribution in [1.82, 2.24) is 9.80 Å². The third-order valence-corrected chi connectivity index (χ3v) is 6.59. The molecule has 4 rings (SSSR count). The normalized spacial score (nSPS) is 34.0. The lowest BCUT2D eigenvalue weighted by atomic mass is 9.72. The number of nitrogens with zero attached hydrogens (tertiary/aromatic N) is 2. The number of morpholine rings is 1. The minimum Gasteiger partial charge on any atom is -0.460 e. The number of esters is 1. The van der Waals surface area contributed by atoms with E-state index in [4.69, 9.17) is 14.2 Å². The second-order valence-electron chi connectivity index (χ2n) is 8.12. The highest BCUT2D eigenvalue weighted by Gasteiger charge is 2.62. The molecule has 0 aromatic rings. The molecule has 0 aromatic carbocycles. The number of β-lactam (4-membered cyclic amide) rings is 1. The molecule has 3 heterocycles. The van der Waals surface area contributed by atoms with Crippen molar-refractivity contribution in [2.45, 2.75) is 44.4 Å². The van der Waals surface area contributed by atoms with Gasteiger partial charge < -0.3 is 24.2 Å². The van der Waals surface area contributed by atoms with E-state index in [1.54, 1.807) is 18.9 Å². The second-order valence-corrected chi connectivity index (χ2v) is 8.12. The number of aliphatic hydroxyl groups excluding tert-OH is 1. The molecule has 3 unspecified atom stereocenters. The molecular formula is C20H30N2O6. The highest BCUT2D eigenvalue weighted by Crippen LogP contribution is 2.52. The number of aliphatic hydroxyl groups is 1. The van der Waals surface area contributed by atoms with Crippen LogP contribution in [0.5, 0.6) is 0 Å². The standard InChI is InChI=1S/C20H30N2O6/c1-12(23)15-17-13-4-3-5-14(26-2)16(13)18(22(17)19(15)24)20(25)28-11-8-21-6-9-27-10-7-21/h12-15,17,23H,3-11H2,1-2H3/t12?,13-,14?,15-,17?/m0/s1. The Labute approximate surface area is 165 Å². The van der Waals surface area contributed by atoms with Crippen LogP contribution in [-0.4, -0.2) is 91.6 Å². The van der Waals surface area contributed by atoms with E-state index in [2.05, 4.69) is 4.90 Å². The Hall–Kier alpha value is -1.48. The maximum absolute atomic E-state index is 13.0. The summed E-state index contributed by atoms with van der Waals surface area (Å²) in [6.07, 6.45) is 1.82. The van der Waals surface area contributed by atoms with Crippen LogP contribution in [-0.2, 0) is 23.8 Å². The Kier molecular flexibility index (Phi) is 5.73. The van der Waals surface area contributed by atoms with Gasteiger partial charge in [-0.3, -0.25) is 9.69 Å². The van der Waals surface area contributed by atoms with Crippen LogP contribution in [0, 0.1) is 11.8 Å². The highest BCUT2D eigenvalue weighted by atomic mass is 16.5. The minimum absolute atomic E-state index is 0.0674. The minimum atomic E-state index is -0.727. The summed E-state index contributed by atoms with van der Waals surface area (Å²) in [4.78, 5) is 29.5. The van der Waals surface area contributed by atoms with Crippen molar-refractivity contribution in [3.8, 4) is 0 Å². The van der Waals surface area contributed by atoms with E-state index in [0.717, 1.165) is 37.9 Å². The third-order valence-electron chi connectivity index (χ3n) is 6.59. The number of hydrogen-bond donors (Lipinski definition) is 1. The Morgan fingerprint density at radius 2 is 2.07 bits per heavy atom. The monoisotopic (exact) mass is 394 g/mol. The van der Waals surface area contributed by atoms with Gasteiger partial charge in [-0.15, -0.1) is 0 Å². The van der Waals surface area contributed by atoms with Crippen LogP contribution in [0.3, 0.4) is 0 Å². The zero-order chi connectivity index (χ0) is 19.8. The number of ether oxygens (including phenoxy) is 3. The fourth-order valence-corrected chi connectivity index (χ4v) is 5.23. The third kappa shape index (κ3) is 3.26. The lowest BCUT2D eigenvalue weighted by Crippen LogP contribution is -2.64. The summed E-state index contributed by atoms with van der Waals surface area (Å²) in [7, 11) is 1.64. The van der Waals surface area contributed by atoms with E-state index >= 15 is 0 Å². The molecule has 1 amide bonds. The largest absolute Gasteiger partial charge is 0.460 e. The molecular weight excluding hydrogens is 364 g/mol. The average molecular weight is 394 g/mol.